The molecular formula is C16H21N3O2. The Morgan fingerprint density at radius 2 is 2.10 bits per heavy atom. The van der Waals surface area contributed by atoms with Crippen molar-refractivity contribution in [3.63, 3.8) is 0 Å². The smallest absolute Gasteiger partial charge is 0.267 e. The molecule has 0 spiro atoms. The van der Waals surface area contributed by atoms with Crippen molar-refractivity contribution in [3.8, 4) is 0 Å². The van der Waals surface area contributed by atoms with E-state index in [-0.39, 0.29) is 5.91 Å². The first-order valence-electron chi connectivity index (χ1n) is 7.51. The Kier molecular flexibility index (Phi) is 4.52. The Bertz CT molecular complexity index is 569. The lowest BCUT2D eigenvalue weighted by Crippen LogP contribution is -2.34. The lowest BCUT2D eigenvalue weighted by molar-refractivity contribution is 0.0343. The van der Waals surface area contributed by atoms with Gasteiger partial charge in [-0.1, -0.05) is 18.2 Å². The SMILES string of the molecule is O=C(NCCOC1CCNCC1)c1cc2ccccc2[nH]1. The van der Waals surface area contributed by atoms with E-state index in [0.29, 0.717) is 24.9 Å². The molecule has 3 N–H and O–H groups in total. The summed E-state index contributed by atoms with van der Waals surface area (Å²) in [5.41, 5.74) is 1.58. The van der Waals surface area contributed by atoms with Crippen LogP contribution in [0.1, 0.15) is 23.3 Å². The van der Waals surface area contributed by atoms with Gasteiger partial charge in [0, 0.05) is 17.4 Å². The molecule has 0 aliphatic carbocycles. The van der Waals surface area contributed by atoms with Crippen LogP contribution in [0, 0.1) is 0 Å². The summed E-state index contributed by atoms with van der Waals surface area (Å²) in [7, 11) is 0. The predicted molar refractivity (Wildman–Crippen MR) is 82.5 cm³/mol. The maximum atomic E-state index is 12.1. The molecule has 2 aromatic rings. The normalized spacial score (nSPS) is 16.2. The van der Waals surface area contributed by atoms with Crippen LogP contribution in [-0.2, 0) is 4.74 Å². The van der Waals surface area contributed by atoms with Crippen LogP contribution in [0.4, 0.5) is 0 Å². The number of rotatable bonds is 5. The summed E-state index contributed by atoms with van der Waals surface area (Å²) in [6.07, 6.45) is 2.43. The third-order valence-electron chi connectivity index (χ3n) is 3.80. The number of nitrogens with one attached hydrogen (secondary N) is 3. The van der Waals surface area contributed by atoms with Gasteiger partial charge in [0.25, 0.3) is 5.91 Å². The Morgan fingerprint density at radius 3 is 2.90 bits per heavy atom. The zero-order valence-corrected chi connectivity index (χ0v) is 12.0. The van der Waals surface area contributed by atoms with E-state index >= 15 is 0 Å². The van der Waals surface area contributed by atoms with Crippen molar-refractivity contribution in [1.82, 2.24) is 15.6 Å². The first kappa shape index (κ1) is 14.1. The van der Waals surface area contributed by atoms with Gasteiger partial charge in [0.2, 0.25) is 0 Å². The highest BCUT2D eigenvalue weighted by Gasteiger charge is 2.13. The average Bonchev–Trinajstić information content (AvgIpc) is 2.96. The zero-order valence-electron chi connectivity index (χ0n) is 12.0. The van der Waals surface area contributed by atoms with Crippen LogP contribution in [0.2, 0.25) is 0 Å². The topological polar surface area (TPSA) is 66.2 Å². The molecule has 3 rings (SSSR count). The minimum atomic E-state index is -0.0832. The lowest BCUT2D eigenvalue weighted by atomic mass is 10.1. The molecule has 1 amide bonds. The average molecular weight is 287 g/mol. The number of carbonyl (C=O) groups excluding carboxylic acids is 1. The molecule has 1 saturated heterocycles. The van der Waals surface area contributed by atoms with E-state index in [0.717, 1.165) is 36.8 Å². The molecule has 0 bridgehead atoms. The highest BCUT2D eigenvalue weighted by Crippen LogP contribution is 2.14. The predicted octanol–water partition coefficient (Wildman–Crippen LogP) is 1.67. The Labute approximate surface area is 124 Å². The summed E-state index contributed by atoms with van der Waals surface area (Å²) in [5.74, 6) is -0.0832. The maximum absolute atomic E-state index is 12.1. The van der Waals surface area contributed by atoms with Gasteiger partial charge in [-0.2, -0.15) is 0 Å². The van der Waals surface area contributed by atoms with E-state index in [1.54, 1.807) is 0 Å². The molecule has 2 heterocycles. The van der Waals surface area contributed by atoms with Gasteiger partial charge in [0.15, 0.2) is 0 Å². The van der Waals surface area contributed by atoms with Gasteiger partial charge < -0.3 is 20.4 Å². The summed E-state index contributed by atoms with van der Waals surface area (Å²) in [4.78, 5) is 15.2. The van der Waals surface area contributed by atoms with E-state index in [1.807, 2.05) is 30.3 Å². The molecule has 1 aliphatic rings. The van der Waals surface area contributed by atoms with Crippen LogP contribution < -0.4 is 10.6 Å². The molecule has 0 radical (unpaired) electrons. The van der Waals surface area contributed by atoms with E-state index in [1.165, 1.54) is 0 Å². The van der Waals surface area contributed by atoms with Crippen molar-refractivity contribution >= 4 is 16.8 Å². The maximum Gasteiger partial charge on any atom is 0.267 e. The standard InChI is InChI=1S/C16H21N3O2/c20-16(15-11-12-3-1-2-4-14(12)19-15)18-9-10-21-13-5-7-17-8-6-13/h1-4,11,13,17,19H,5-10H2,(H,18,20). The fourth-order valence-corrected chi connectivity index (χ4v) is 2.64. The van der Waals surface area contributed by atoms with Gasteiger partial charge >= 0.3 is 0 Å². The summed E-state index contributed by atoms with van der Waals surface area (Å²) >= 11 is 0. The van der Waals surface area contributed by atoms with Crippen LogP contribution in [0.3, 0.4) is 0 Å². The number of fused-ring (bicyclic) bond motifs is 1. The first-order chi connectivity index (χ1) is 10.3. The molecule has 5 heteroatoms. The second-order valence-corrected chi connectivity index (χ2v) is 5.35. The fraction of sp³-hybridized carbons (Fsp3) is 0.438. The minimum Gasteiger partial charge on any atom is -0.376 e. The van der Waals surface area contributed by atoms with Gasteiger partial charge in [0.05, 0.1) is 12.7 Å². The number of amides is 1. The van der Waals surface area contributed by atoms with Crippen molar-refractivity contribution in [3.05, 3.63) is 36.0 Å². The van der Waals surface area contributed by atoms with Gasteiger partial charge in [-0.25, -0.2) is 0 Å². The number of ether oxygens (including phenoxy) is 1. The second kappa shape index (κ2) is 6.74. The number of hydrogen-bond donors (Lipinski definition) is 3. The summed E-state index contributed by atoms with van der Waals surface area (Å²) in [5, 5.41) is 7.24. The summed E-state index contributed by atoms with van der Waals surface area (Å²) in [6, 6.07) is 9.74. The molecule has 1 aliphatic heterocycles. The van der Waals surface area contributed by atoms with Crippen molar-refractivity contribution in [2.75, 3.05) is 26.2 Å². The van der Waals surface area contributed by atoms with E-state index < -0.39 is 0 Å². The molecule has 1 fully saturated rings. The highest BCUT2D eigenvalue weighted by atomic mass is 16.5. The minimum absolute atomic E-state index is 0.0832. The van der Waals surface area contributed by atoms with E-state index in [2.05, 4.69) is 15.6 Å². The third kappa shape index (κ3) is 3.62. The number of benzene rings is 1. The van der Waals surface area contributed by atoms with Crippen molar-refractivity contribution in [2.45, 2.75) is 18.9 Å². The van der Waals surface area contributed by atoms with Crippen LogP contribution in [0.15, 0.2) is 30.3 Å². The van der Waals surface area contributed by atoms with Crippen molar-refractivity contribution in [2.24, 2.45) is 0 Å². The van der Waals surface area contributed by atoms with Crippen molar-refractivity contribution in [1.29, 1.82) is 0 Å². The van der Waals surface area contributed by atoms with Crippen LogP contribution in [-0.4, -0.2) is 43.2 Å². The fourth-order valence-electron chi connectivity index (χ4n) is 2.64. The first-order valence-corrected chi connectivity index (χ1v) is 7.51. The van der Waals surface area contributed by atoms with Gasteiger partial charge in [-0.15, -0.1) is 0 Å². The molecule has 0 atom stereocenters. The highest BCUT2D eigenvalue weighted by molar-refractivity contribution is 5.97. The van der Waals surface area contributed by atoms with Gasteiger partial charge in [-0.3, -0.25) is 4.79 Å². The van der Waals surface area contributed by atoms with Crippen LogP contribution in [0.5, 0.6) is 0 Å². The van der Waals surface area contributed by atoms with Crippen LogP contribution in [0.25, 0.3) is 10.9 Å². The molecule has 1 aromatic heterocycles. The van der Waals surface area contributed by atoms with Gasteiger partial charge in [-0.05, 0) is 38.1 Å². The Hall–Kier alpha value is -1.85. The largest absolute Gasteiger partial charge is 0.376 e. The number of H-pyrrole nitrogens is 1. The number of carbonyl (C=O) groups is 1. The molecule has 0 unspecified atom stereocenters. The van der Waals surface area contributed by atoms with Gasteiger partial charge in [0.1, 0.15) is 5.69 Å². The van der Waals surface area contributed by atoms with Crippen LogP contribution >= 0.6 is 0 Å². The number of aromatic amines is 1. The van der Waals surface area contributed by atoms with E-state index in [4.69, 9.17) is 4.74 Å². The quantitative estimate of drug-likeness (QED) is 0.733. The number of para-hydroxylation sites is 1. The molecule has 5 nitrogen and oxygen atoms in total. The van der Waals surface area contributed by atoms with E-state index in [9.17, 15) is 4.79 Å². The zero-order chi connectivity index (χ0) is 14.5. The number of aromatic nitrogens is 1. The number of hydrogen-bond acceptors (Lipinski definition) is 3. The molecule has 1 aromatic carbocycles. The monoisotopic (exact) mass is 287 g/mol. The molecule has 0 saturated carbocycles. The number of piperidine rings is 1. The molecular weight excluding hydrogens is 266 g/mol. The summed E-state index contributed by atoms with van der Waals surface area (Å²) < 4.78 is 5.76. The molecule has 112 valence electrons. The Morgan fingerprint density at radius 1 is 1.29 bits per heavy atom. The molecule has 21 heavy (non-hydrogen) atoms. The second-order valence-electron chi connectivity index (χ2n) is 5.35. The lowest BCUT2D eigenvalue weighted by Gasteiger charge is -2.22. The Balaban J connectivity index is 1.45. The summed E-state index contributed by atoms with van der Waals surface area (Å²) in [6.45, 7) is 3.15. The third-order valence-corrected chi connectivity index (χ3v) is 3.80. The van der Waals surface area contributed by atoms with Crippen molar-refractivity contribution < 1.29 is 9.53 Å².